The molecule has 0 aromatic carbocycles. The number of aliphatic hydroxyl groups is 1. The maximum absolute atomic E-state index is 11.9. The summed E-state index contributed by atoms with van der Waals surface area (Å²) in [5.41, 5.74) is 0. The largest absolute Gasteiger partial charge is 0.391 e. The van der Waals surface area contributed by atoms with Gasteiger partial charge in [-0.15, -0.1) is 0 Å². The van der Waals surface area contributed by atoms with Crippen molar-refractivity contribution in [1.82, 2.24) is 9.80 Å². The number of carbonyl (C=O) groups excluding carboxylic acids is 1. The van der Waals surface area contributed by atoms with Crippen LogP contribution in [0.15, 0.2) is 0 Å². The van der Waals surface area contributed by atoms with E-state index in [4.69, 9.17) is 0 Å². The first-order valence-electron chi connectivity index (χ1n) is 5.65. The van der Waals surface area contributed by atoms with Crippen molar-refractivity contribution in [1.29, 1.82) is 0 Å². The van der Waals surface area contributed by atoms with Crippen LogP contribution < -0.4 is 0 Å². The molecule has 1 heterocycles. The molecule has 0 aromatic rings. The molecule has 0 aliphatic carbocycles. The van der Waals surface area contributed by atoms with Gasteiger partial charge in [0.05, 0.1) is 6.10 Å². The quantitative estimate of drug-likeness (QED) is 0.756. The molecular weight excluding hydrogens is 224 g/mol. The molecule has 0 spiro atoms. The predicted octanol–water partition coefficient (Wildman–Crippen LogP) is 0.263. The Morgan fingerprint density at radius 2 is 2.25 bits per heavy atom. The van der Waals surface area contributed by atoms with Crippen LogP contribution in [0.4, 0.5) is 0 Å². The number of likely N-dealkylation sites (N-methyl/N-ethyl adjacent to an activating group) is 1. The molecule has 0 saturated carbocycles. The van der Waals surface area contributed by atoms with Crippen LogP contribution in [0.1, 0.15) is 12.8 Å². The minimum absolute atomic E-state index is 0.178. The van der Waals surface area contributed by atoms with Gasteiger partial charge in [0.25, 0.3) is 0 Å². The van der Waals surface area contributed by atoms with Gasteiger partial charge in [0.2, 0.25) is 5.91 Å². The lowest BCUT2D eigenvalue weighted by atomic mass is 10.2. The van der Waals surface area contributed by atoms with Gasteiger partial charge >= 0.3 is 0 Å². The highest BCUT2D eigenvalue weighted by Crippen LogP contribution is 2.19. The Morgan fingerprint density at radius 3 is 2.81 bits per heavy atom. The van der Waals surface area contributed by atoms with Gasteiger partial charge in [0.1, 0.15) is 0 Å². The van der Waals surface area contributed by atoms with Crippen molar-refractivity contribution < 1.29 is 9.90 Å². The highest BCUT2D eigenvalue weighted by molar-refractivity contribution is 7.98. The first-order valence-corrected chi connectivity index (χ1v) is 7.05. The number of rotatable bonds is 5. The van der Waals surface area contributed by atoms with E-state index in [0.717, 1.165) is 12.3 Å². The van der Waals surface area contributed by atoms with Crippen molar-refractivity contribution in [3.05, 3.63) is 0 Å². The molecule has 1 saturated heterocycles. The van der Waals surface area contributed by atoms with Crippen molar-refractivity contribution >= 4 is 17.7 Å². The number of carbonyl (C=O) groups is 1. The van der Waals surface area contributed by atoms with E-state index >= 15 is 0 Å². The van der Waals surface area contributed by atoms with E-state index in [-0.39, 0.29) is 18.1 Å². The third-order valence-corrected chi connectivity index (χ3v) is 3.42. The Morgan fingerprint density at radius 1 is 1.56 bits per heavy atom. The van der Waals surface area contributed by atoms with Crippen LogP contribution in [0.25, 0.3) is 0 Å². The molecule has 16 heavy (non-hydrogen) atoms. The van der Waals surface area contributed by atoms with Crippen molar-refractivity contribution in [2.45, 2.75) is 25.0 Å². The summed E-state index contributed by atoms with van der Waals surface area (Å²) in [7, 11) is 3.99. The minimum Gasteiger partial charge on any atom is -0.391 e. The fourth-order valence-electron chi connectivity index (χ4n) is 2.12. The second-order valence-electron chi connectivity index (χ2n) is 4.59. The topological polar surface area (TPSA) is 43.8 Å². The lowest BCUT2D eigenvalue weighted by molar-refractivity contribution is -0.132. The van der Waals surface area contributed by atoms with Crippen molar-refractivity contribution in [2.75, 3.05) is 39.2 Å². The van der Waals surface area contributed by atoms with Crippen molar-refractivity contribution in [3.8, 4) is 0 Å². The minimum atomic E-state index is -0.344. The Balaban J connectivity index is 2.51. The van der Waals surface area contributed by atoms with Gasteiger partial charge in [-0.2, -0.15) is 11.8 Å². The molecule has 5 heteroatoms. The van der Waals surface area contributed by atoms with Crippen LogP contribution in [0.5, 0.6) is 0 Å². The van der Waals surface area contributed by atoms with Crippen LogP contribution in [-0.4, -0.2) is 72.2 Å². The summed E-state index contributed by atoms with van der Waals surface area (Å²) >= 11 is 1.68. The number of hydrogen-bond acceptors (Lipinski definition) is 4. The summed E-state index contributed by atoms with van der Waals surface area (Å²) in [6.07, 6.45) is 2.95. The first kappa shape index (κ1) is 13.8. The molecule has 1 amide bonds. The molecule has 4 nitrogen and oxygen atoms in total. The summed E-state index contributed by atoms with van der Waals surface area (Å²) < 4.78 is 0. The van der Waals surface area contributed by atoms with E-state index in [0.29, 0.717) is 19.4 Å². The number of hydrogen-bond donors (Lipinski definition) is 1. The Hall–Kier alpha value is -0.260. The standard InChI is InChI=1S/C11H22N2O2S/c1-12(2)7-9-6-10(14)8-13(9)11(15)4-5-16-3/h9-10,14H,4-8H2,1-3H3. The lowest BCUT2D eigenvalue weighted by Gasteiger charge is -2.26. The molecule has 94 valence electrons. The zero-order valence-corrected chi connectivity index (χ0v) is 11.2. The molecular formula is C11H22N2O2S. The summed E-state index contributed by atoms with van der Waals surface area (Å²) in [6.45, 7) is 1.34. The second-order valence-corrected chi connectivity index (χ2v) is 5.58. The molecule has 0 radical (unpaired) electrons. The van der Waals surface area contributed by atoms with Crippen LogP contribution in [-0.2, 0) is 4.79 Å². The number of thioether (sulfide) groups is 1. The number of β-amino-alcohol motifs (C(OH)–C–C–N with tert-alkyl or cyclic N) is 1. The van der Waals surface area contributed by atoms with Gasteiger partial charge in [-0.25, -0.2) is 0 Å². The Bertz CT molecular complexity index is 236. The average molecular weight is 246 g/mol. The van der Waals surface area contributed by atoms with Crippen molar-refractivity contribution in [3.63, 3.8) is 0 Å². The van der Waals surface area contributed by atoms with E-state index in [1.165, 1.54) is 0 Å². The monoisotopic (exact) mass is 246 g/mol. The molecule has 0 aromatic heterocycles. The molecule has 1 rings (SSSR count). The second kappa shape index (κ2) is 6.47. The summed E-state index contributed by atoms with van der Waals surface area (Å²) in [6, 6.07) is 0.180. The highest BCUT2D eigenvalue weighted by atomic mass is 32.2. The number of nitrogens with zero attached hydrogens (tertiary/aromatic N) is 2. The van der Waals surface area contributed by atoms with Crippen LogP contribution in [0.3, 0.4) is 0 Å². The summed E-state index contributed by atoms with van der Waals surface area (Å²) in [4.78, 5) is 15.8. The lowest BCUT2D eigenvalue weighted by Crippen LogP contribution is -2.41. The predicted molar refractivity (Wildman–Crippen MR) is 67.7 cm³/mol. The average Bonchev–Trinajstić information content (AvgIpc) is 2.55. The van der Waals surface area contributed by atoms with E-state index in [9.17, 15) is 9.90 Å². The normalized spacial score (nSPS) is 25.4. The van der Waals surface area contributed by atoms with Gasteiger partial charge in [-0.1, -0.05) is 0 Å². The van der Waals surface area contributed by atoms with Crippen LogP contribution in [0, 0.1) is 0 Å². The third-order valence-electron chi connectivity index (χ3n) is 2.81. The smallest absolute Gasteiger partial charge is 0.223 e. The molecule has 0 bridgehead atoms. The maximum Gasteiger partial charge on any atom is 0.223 e. The highest BCUT2D eigenvalue weighted by Gasteiger charge is 2.33. The maximum atomic E-state index is 11.9. The molecule has 1 fully saturated rings. The number of aliphatic hydroxyl groups excluding tert-OH is 1. The summed E-state index contributed by atoms with van der Waals surface area (Å²) in [5.74, 6) is 1.04. The van der Waals surface area contributed by atoms with Gasteiger partial charge in [-0.3, -0.25) is 4.79 Å². The first-order chi connectivity index (χ1) is 7.54. The number of likely N-dealkylation sites (tertiary alicyclic amines) is 1. The Labute approximate surface area is 102 Å². The SMILES string of the molecule is CSCCC(=O)N1CC(O)CC1CN(C)C. The Kier molecular flexibility index (Phi) is 5.58. The van der Waals surface area contributed by atoms with E-state index in [1.54, 1.807) is 11.8 Å². The van der Waals surface area contributed by atoms with Crippen LogP contribution >= 0.6 is 11.8 Å². The van der Waals surface area contributed by atoms with Crippen molar-refractivity contribution in [2.24, 2.45) is 0 Å². The van der Waals surface area contributed by atoms with Gasteiger partial charge < -0.3 is 14.9 Å². The van der Waals surface area contributed by atoms with Gasteiger partial charge in [0.15, 0.2) is 0 Å². The summed E-state index contributed by atoms with van der Waals surface area (Å²) in [5, 5.41) is 9.64. The van der Waals surface area contributed by atoms with Gasteiger partial charge in [-0.05, 0) is 26.8 Å². The molecule has 2 unspecified atom stereocenters. The van der Waals surface area contributed by atoms with E-state index in [1.807, 2.05) is 25.3 Å². The molecule has 1 aliphatic rings. The van der Waals surface area contributed by atoms with Crippen LogP contribution in [0.2, 0.25) is 0 Å². The zero-order chi connectivity index (χ0) is 12.1. The third kappa shape index (κ3) is 3.96. The fourth-order valence-corrected chi connectivity index (χ4v) is 2.50. The van der Waals surface area contributed by atoms with E-state index < -0.39 is 0 Å². The van der Waals surface area contributed by atoms with E-state index in [2.05, 4.69) is 4.90 Å². The molecule has 2 atom stereocenters. The zero-order valence-electron chi connectivity index (χ0n) is 10.3. The molecule has 1 aliphatic heterocycles. The molecule has 1 N–H and O–H groups in total. The number of amides is 1. The fraction of sp³-hybridized carbons (Fsp3) is 0.909. The van der Waals surface area contributed by atoms with Gasteiger partial charge in [0, 0.05) is 31.3 Å².